The summed E-state index contributed by atoms with van der Waals surface area (Å²) in [6, 6.07) is 14.9. The van der Waals surface area contributed by atoms with Crippen LogP contribution in [0.25, 0.3) is 0 Å². The molecule has 2 aromatic rings. The maximum atomic E-state index is 12.9. The Labute approximate surface area is 159 Å². The number of amides is 2. The fourth-order valence-electron chi connectivity index (χ4n) is 2.70. The predicted molar refractivity (Wildman–Crippen MR) is 105 cm³/mol. The largest absolute Gasteiger partial charge is 0.337 e. The third kappa shape index (κ3) is 6.18. The van der Waals surface area contributed by atoms with Crippen LogP contribution in [-0.4, -0.2) is 47.8 Å². The summed E-state index contributed by atoms with van der Waals surface area (Å²) in [7, 11) is 1.74. The number of carbonyl (C=O) groups is 2. The Morgan fingerprint density at radius 3 is 2.30 bits per heavy atom. The molecule has 1 atom stereocenters. The van der Waals surface area contributed by atoms with Gasteiger partial charge in [-0.15, -0.1) is 0 Å². The molecule has 0 saturated heterocycles. The van der Waals surface area contributed by atoms with Crippen molar-refractivity contribution in [2.24, 2.45) is 0 Å². The maximum Gasteiger partial charge on any atom is 0.239 e. The van der Waals surface area contributed by atoms with Gasteiger partial charge in [-0.25, -0.2) is 4.39 Å². The van der Waals surface area contributed by atoms with E-state index in [1.54, 1.807) is 23.8 Å². The lowest BCUT2D eigenvalue weighted by Gasteiger charge is -2.29. The summed E-state index contributed by atoms with van der Waals surface area (Å²) in [5, 5.41) is 2.70. The lowest BCUT2D eigenvalue weighted by atomic mass is 10.2. The molecular formula is C21H26FN3O2. The number of hydrogen-bond donors (Lipinski definition) is 1. The standard InChI is InChI=1S/C21H26FN3O2/c1-4-25(14-17-8-6-5-7-9-17)21(27)16(2)24(3)15-20(26)23-19-12-10-18(22)11-13-19/h5-13,16H,4,14-15H2,1-3H3,(H,23,26)/t16-/m1/s1. The highest BCUT2D eigenvalue weighted by molar-refractivity contribution is 5.92. The highest BCUT2D eigenvalue weighted by atomic mass is 19.1. The first-order valence-electron chi connectivity index (χ1n) is 8.99. The second-order valence-corrected chi connectivity index (χ2v) is 6.48. The van der Waals surface area contributed by atoms with E-state index in [1.165, 1.54) is 24.3 Å². The van der Waals surface area contributed by atoms with Crippen molar-refractivity contribution in [2.45, 2.75) is 26.4 Å². The van der Waals surface area contributed by atoms with Gasteiger partial charge in [0.2, 0.25) is 11.8 Å². The van der Waals surface area contributed by atoms with Crippen molar-refractivity contribution >= 4 is 17.5 Å². The Kier molecular flexibility index (Phi) is 7.49. The molecule has 0 radical (unpaired) electrons. The van der Waals surface area contributed by atoms with Crippen LogP contribution in [0.1, 0.15) is 19.4 Å². The molecule has 0 saturated carbocycles. The maximum absolute atomic E-state index is 12.9. The topological polar surface area (TPSA) is 52.7 Å². The van der Waals surface area contributed by atoms with Crippen molar-refractivity contribution in [1.29, 1.82) is 0 Å². The van der Waals surface area contributed by atoms with Crippen molar-refractivity contribution in [3.8, 4) is 0 Å². The van der Waals surface area contributed by atoms with Crippen LogP contribution in [0.5, 0.6) is 0 Å². The second kappa shape index (κ2) is 9.83. The first-order valence-corrected chi connectivity index (χ1v) is 8.99. The van der Waals surface area contributed by atoms with E-state index in [0.717, 1.165) is 5.56 Å². The van der Waals surface area contributed by atoms with E-state index in [4.69, 9.17) is 0 Å². The van der Waals surface area contributed by atoms with Crippen LogP contribution in [-0.2, 0) is 16.1 Å². The zero-order valence-electron chi connectivity index (χ0n) is 16.0. The van der Waals surface area contributed by atoms with Gasteiger partial charge in [-0.1, -0.05) is 30.3 Å². The summed E-state index contributed by atoms with van der Waals surface area (Å²) in [6.07, 6.45) is 0. The molecule has 0 bridgehead atoms. The van der Waals surface area contributed by atoms with Crippen LogP contribution in [0.4, 0.5) is 10.1 Å². The van der Waals surface area contributed by atoms with Gasteiger partial charge in [0.25, 0.3) is 0 Å². The molecular weight excluding hydrogens is 345 g/mol. The number of carbonyl (C=O) groups excluding carboxylic acids is 2. The lowest BCUT2D eigenvalue weighted by Crippen LogP contribution is -2.47. The summed E-state index contributed by atoms with van der Waals surface area (Å²) < 4.78 is 12.9. The SMILES string of the molecule is CCN(Cc1ccccc1)C(=O)[C@@H](C)N(C)CC(=O)Nc1ccc(F)cc1. The summed E-state index contributed by atoms with van der Waals surface area (Å²) in [4.78, 5) is 28.5. The van der Waals surface area contributed by atoms with Crippen molar-refractivity contribution in [3.05, 3.63) is 66.0 Å². The van der Waals surface area contributed by atoms with Gasteiger partial charge in [-0.2, -0.15) is 0 Å². The number of benzene rings is 2. The molecule has 0 fully saturated rings. The van der Waals surface area contributed by atoms with Crippen molar-refractivity contribution in [1.82, 2.24) is 9.80 Å². The number of nitrogens with one attached hydrogen (secondary N) is 1. The van der Waals surface area contributed by atoms with Gasteiger partial charge in [-0.3, -0.25) is 14.5 Å². The van der Waals surface area contributed by atoms with Gasteiger partial charge in [0.15, 0.2) is 0 Å². The number of halogens is 1. The lowest BCUT2D eigenvalue weighted by molar-refractivity contribution is -0.136. The second-order valence-electron chi connectivity index (χ2n) is 6.48. The smallest absolute Gasteiger partial charge is 0.239 e. The van der Waals surface area contributed by atoms with E-state index in [9.17, 15) is 14.0 Å². The van der Waals surface area contributed by atoms with Gasteiger partial charge in [0, 0.05) is 18.8 Å². The molecule has 0 aromatic heterocycles. The predicted octanol–water partition coefficient (Wildman–Crippen LogP) is 3.13. The molecule has 0 heterocycles. The molecule has 1 N–H and O–H groups in total. The van der Waals surface area contributed by atoms with Crippen LogP contribution in [0.3, 0.4) is 0 Å². The minimum atomic E-state index is -0.437. The fraction of sp³-hybridized carbons (Fsp3) is 0.333. The molecule has 2 rings (SSSR count). The van der Waals surface area contributed by atoms with Gasteiger partial charge in [-0.05, 0) is 50.7 Å². The zero-order chi connectivity index (χ0) is 19.8. The number of anilines is 1. The summed E-state index contributed by atoms with van der Waals surface area (Å²) in [5.41, 5.74) is 1.59. The molecule has 2 aromatic carbocycles. The number of nitrogens with zero attached hydrogens (tertiary/aromatic N) is 2. The van der Waals surface area contributed by atoms with E-state index < -0.39 is 6.04 Å². The van der Waals surface area contributed by atoms with E-state index >= 15 is 0 Å². The Morgan fingerprint density at radius 1 is 1.07 bits per heavy atom. The third-order valence-corrected chi connectivity index (χ3v) is 4.45. The van der Waals surface area contributed by atoms with Crippen molar-refractivity contribution in [2.75, 3.05) is 25.5 Å². The monoisotopic (exact) mass is 371 g/mol. The summed E-state index contributed by atoms with van der Waals surface area (Å²) in [6.45, 7) is 4.92. The van der Waals surface area contributed by atoms with Gasteiger partial charge in [0.1, 0.15) is 5.82 Å². The molecule has 5 nitrogen and oxygen atoms in total. The highest BCUT2D eigenvalue weighted by Crippen LogP contribution is 2.10. The number of likely N-dealkylation sites (N-methyl/N-ethyl adjacent to an activating group) is 2. The molecule has 0 aliphatic rings. The molecule has 0 spiro atoms. The van der Waals surface area contributed by atoms with E-state index in [0.29, 0.717) is 18.8 Å². The van der Waals surface area contributed by atoms with E-state index in [-0.39, 0.29) is 24.2 Å². The zero-order valence-corrected chi connectivity index (χ0v) is 16.0. The molecule has 0 aliphatic carbocycles. The molecule has 144 valence electrons. The molecule has 0 unspecified atom stereocenters. The van der Waals surface area contributed by atoms with Crippen LogP contribution in [0.15, 0.2) is 54.6 Å². The number of hydrogen-bond acceptors (Lipinski definition) is 3. The van der Waals surface area contributed by atoms with E-state index in [2.05, 4.69) is 5.32 Å². The van der Waals surface area contributed by atoms with Crippen LogP contribution < -0.4 is 5.32 Å². The Balaban J connectivity index is 1.91. The minimum Gasteiger partial charge on any atom is -0.337 e. The van der Waals surface area contributed by atoms with Crippen LogP contribution in [0.2, 0.25) is 0 Å². The Hall–Kier alpha value is -2.73. The highest BCUT2D eigenvalue weighted by Gasteiger charge is 2.24. The molecule has 0 aliphatic heterocycles. The van der Waals surface area contributed by atoms with Crippen LogP contribution >= 0.6 is 0 Å². The molecule has 2 amide bonds. The molecule has 6 heteroatoms. The van der Waals surface area contributed by atoms with Crippen molar-refractivity contribution in [3.63, 3.8) is 0 Å². The molecule has 27 heavy (non-hydrogen) atoms. The quantitative estimate of drug-likeness (QED) is 0.776. The van der Waals surface area contributed by atoms with Gasteiger partial charge >= 0.3 is 0 Å². The van der Waals surface area contributed by atoms with E-state index in [1.807, 2.05) is 37.3 Å². The first kappa shape index (κ1) is 20.6. The average molecular weight is 371 g/mol. The number of rotatable bonds is 8. The van der Waals surface area contributed by atoms with Crippen molar-refractivity contribution < 1.29 is 14.0 Å². The minimum absolute atomic E-state index is 0.0292. The third-order valence-electron chi connectivity index (χ3n) is 4.45. The fourth-order valence-corrected chi connectivity index (χ4v) is 2.70. The average Bonchev–Trinajstić information content (AvgIpc) is 2.67. The normalized spacial score (nSPS) is 11.9. The Morgan fingerprint density at radius 2 is 1.70 bits per heavy atom. The summed E-state index contributed by atoms with van der Waals surface area (Å²) >= 11 is 0. The van der Waals surface area contributed by atoms with Crippen LogP contribution in [0, 0.1) is 5.82 Å². The van der Waals surface area contributed by atoms with Gasteiger partial charge in [0.05, 0.1) is 12.6 Å². The Bertz CT molecular complexity index is 750. The van der Waals surface area contributed by atoms with Gasteiger partial charge < -0.3 is 10.2 Å². The first-order chi connectivity index (χ1) is 12.9. The summed E-state index contributed by atoms with van der Waals surface area (Å²) in [5.74, 6) is -0.643.